The lowest BCUT2D eigenvalue weighted by molar-refractivity contribution is -0.128. The van der Waals surface area contributed by atoms with Gasteiger partial charge in [-0.05, 0) is 53.6 Å². The number of amides is 2. The molecule has 0 fully saturated rings. The minimum atomic E-state index is -0.730. The molecule has 4 rings (SSSR count). The van der Waals surface area contributed by atoms with Crippen LogP contribution in [0.3, 0.4) is 0 Å². The van der Waals surface area contributed by atoms with Gasteiger partial charge in [-0.25, -0.2) is 4.39 Å². The summed E-state index contributed by atoms with van der Waals surface area (Å²) >= 11 is 7.19. The molecule has 0 spiro atoms. The average molecular weight is 417 g/mol. The van der Waals surface area contributed by atoms with Crippen molar-refractivity contribution in [2.75, 3.05) is 0 Å². The Kier molecular flexibility index (Phi) is 5.02. The molecule has 2 amide bonds. The summed E-state index contributed by atoms with van der Waals surface area (Å²) in [6.07, 6.45) is -0.349. The topological polar surface area (TPSA) is 67.4 Å². The van der Waals surface area contributed by atoms with E-state index in [4.69, 9.17) is 16.3 Å². The van der Waals surface area contributed by atoms with E-state index in [1.54, 1.807) is 42.5 Å². The zero-order valence-electron chi connectivity index (χ0n) is 14.4. The van der Waals surface area contributed by atoms with Gasteiger partial charge in [0.15, 0.2) is 6.10 Å². The standard InChI is InChI=1S/C20H14ClFN2O3S/c21-13-3-6-15-12(9-13)10-16(27-15)19(25)23-24-20(26)18-8-7-17(28-18)11-1-4-14(22)5-2-11/h1-9,16H,10H2,(H,23,25)(H,24,26). The molecule has 1 aromatic heterocycles. The molecule has 3 aromatic rings. The highest BCUT2D eigenvalue weighted by molar-refractivity contribution is 7.17. The summed E-state index contributed by atoms with van der Waals surface area (Å²) in [6.45, 7) is 0. The van der Waals surface area contributed by atoms with Crippen molar-refractivity contribution in [3.63, 3.8) is 0 Å². The van der Waals surface area contributed by atoms with Crippen LogP contribution in [-0.4, -0.2) is 17.9 Å². The first-order valence-corrected chi connectivity index (χ1v) is 9.60. The summed E-state index contributed by atoms with van der Waals surface area (Å²) < 4.78 is 18.6. The van der Waals surface area contributed by atoms with Gasteiger partial charge in [0.25, 0.3) is 11.8 Å². The second kappa shape index (κ2) is 7.61. The molecule has 5 nitrogen and oxygen atoms in total. The summed E-state index contributed by atoms with van der Waals surface area (Å²) in [4.78, 5) is 25.8. The molecule has 0 radical (unpaired) electrons. The van der Waals surface area contributed by atoms with Crippen molar-refractivity contribution in [3.05, 3.63) is 75.9 Å². The molecule has 1 atom stereocenters. The molecule has 142 valence electrons. The third kappa shape index (κ3) is 3.85. The molecule has 1 aliphatic rings. The zero-order valence-corrected chi connectivity index (χ0v) is 15.9. The lowest BCUT2D eigenvalue weighted by atomic mass is 10.1. The molecule has 0 aliphatic carbocycles. The van der Waals surface area contributed by atoms with Gasteiger partial charge in [-0.1, -0.05) is 23.7 Å². The van der Waals surface area contributed by atoms with Crippen molar-refractivity contribution in [2.45, 2.75) is 12.5 Å². The average Bonchev–Trinajstić information content (AvgIpc) is 3.33. The minimum absolute atomic E-state index is 0.320. The monoisotopic (exact) mass is 416 g/mol. The molecule has 2 aromatic carbocycles. The number of hydrogen-bond donors (Lipinski definition) is 2. The molecule has 0 saturated carbocycles. The highest BCUT2D eigenvalue weighted by Crippen LogP contribution is 2.31. The van der Waals surface area contributed by atoms with Crippen LogP contribution in [0.5, 0.6) is 5.75 Å². The van der Waals surface area contributed by atoms with Crippen LogP contribution in [0.2, 0.25) is 5.02 Å². The van der Waals surface area contributed by atoms with E-state index in [1.807, 2.05) is 0 Å². The van der Waals surface area contributed by atoms with Crippen LogP contribution in [-0.2, 0) is 11.2 Å². The van der Waals surface area contributed by atoms with Gasteiger partial charge >= 0.3 is 0 Å². The van der Waals surface area contributed by atoms with E-state index in [-0.39, 0.29) is 5.82 Å². The first-order chi connectivity index (χ1) is 13.5. The van der Waals surface area contributed by atoms with Gasteiger partial charge in [0, 0.05) is 16.3 Å². The van der Waals surface area contributed by atoms with Gasteiger partial charge in [0.2, 0.25) is 0 Å². The zero-order chi connectivity index (χ0) is 19.7. The molecule has 1 aliphatic heterocycles. The fourth-order valence-electron chi connectivity index (χ4n) is 2.85. The summed E-state index contributed by atoms with van der Waals surface area (Å²) in [5.74, 6) is -0.598. The van der Waals surface area contributed by atoms with Crippen molar-refractivity contribution in [1.82, 2.24) is 10.9 Å². The molecule has 8 heteroatoms. The maximum absolute atomic E-state index is 13.0. The molecule has 1 unspecified atom stereocenters. The Labute approximate surface area is 169 Å². The summed E-state index contributed by atoms with van der Waals surface area (Å²) in [6, 6.07) is 14.6. The smallest absolute Gasteiger partial charge is 0.279 e. The van der Waals surface area contributed by atoms with E-state index in [1.165, 1.54) is 23.5 Å². The Hall–Kier alpha value is -2.90. The van der Waals surface area contributed by atoms with Crippen molar-refractivity contribution < 1.29 is 18.7 Å². The Morgan fingerprint density at radius 1 is 1.07 bits per heavy atom. The number of ether oxygens (including phenoxy) is 1. The number of benzene rings is 2. The van der Waals surface area contributed by atoms with Crippen LogP contribution >= 0.6 is 22.9 Å². The van der Waals surface area contributed by atoms with Gasteiger partial charge in [0.05, 0.1) is 4.88 Å². The second-order valence-corrected chi connectivity index (χ2v) is 7.70. The van der Waals surface area contributed by atoms with Gasteiger partial charge in [0.1, 0.15) is 11.6 Å². The van der Waals surface area contributed by atoms with E-state index in [9.17, 15) is 14.0 Å². The number of nitrogens with one attached hydrogen (secondary N) is 2. The molecule has 2 N–H and O–H groups in total. The lowest BCUT2D eigenvalue weighted by Crippen LogP contribution is -2.47. The normalized spacial score (nSPS) is 14.9. The highest BCUT2D eigenvalue weighted by Gasteiger charge is 2.29. The predicted octanol–water partition coefficient (Wildman–Crippen LogP) is 3.97. The second-order valence-electron chi connectivity index (χ2n) is 6.18. The first-order valence-electron chi connectivity index (χ1n) is 8.40. The summed E-state index contributed by atoms with van der Waals surface area (Å²) in [5.41, 5.74) is 6.44. The van der Waals surface area contributed by atoms with Crippen molar-refractivity contribution in [3.8, 4) is 16.2 Å². The van der Waals surface area contributed by atoms with Crippen LogP contribution in [0.1, 0.15) is 15.2 Å². The third-order valence-electron chi connectivity index (χ3n) is 4.25. The number of fused-ring (bicyclic) bond motifs is 1. The van der Waals surface area contributed by atoms with Crippen molar-refractivity contribution >= 4 is 34.8 Å². The Morgan fingerprint density at radius 2 is 1.86 bits per heavy atom. The molecule has 28 heavy (non-hydrogen) atoms. The number of carbonyl (C=O) groups is 2. The van der Waals surface area contributed by atoms with Crippen LogP contribution in [0, 0.1) is 5.82 Å². The maximum Gasteiger partial charge on any atom is 0.279 e. The molecule has 2 heterocycles. The number of rotatable bonds is 3. The molecular weight excluding hydrogens is 403 g/mol. The van der Waals surface area contributed by atoms with Crippen LogP contribution in [0.4, 0.5) is 4.39 Å². The quantitative estimate of drug-likeness (QED) is 0.635. The number of hydrazine groups is 1. The molecule has 0 saturated heterocycles. The lowest BCUT2D eigenvalue weighted by Gasteiger charge is -2.11. The Bertz CT molecular complexity index is 1050. The SMILES string of the molecule is O=C(NNC(=O)C1Cc2cc(Cl)ccc2O1)c1ccc(-c2ccc(F)cc2)s1. The van der Waals surface area contributed by atoms with Gasteiger partial charge in [-0.3, -0.25) is 20.4 Å². The third-order valence-corrected chi connectivity index (χ3v) is 5.62. The highest BCUT2D eigenvalue weighted by atomic mass is 35.5. The number of thiophene rings is 1. The number of carbonyl (C=O) groups excluding carboxylic acids is 2. The van der Waals surface area contributed by atoms with E-state index in [0.29, 0.717) is 22.1 Å². The van der Waals surface area contributed by atoms with Gasteiger partial charge in [-0.15, -0.1) is 11.3 Å². The van der Waals surface area contributed by atoms with E-state index >= 15 is 0 Å². The van der Waals surface area contributed by atoms with Crippen LogP contribution in [0.15, 0.2) is 54.6 Å². The van der Waals surface area contributed by atoms with Crippen LogP contribution in [0.25, 0.3) is 10.4 Å². The van der Waals surface area contributed by atoms with E-state index in [0.717, 1.165) is 16.0 Å². The Morgan fingerprint density at radius 3 is 2.64 bits per heavy atom. The summed E-state index contributed by atoms with van der Waals surface area (Å²) in [7, 11) is 0. The van der Waals surface area contributed by atoms with Crippen molar-refractivity contribution in [1.29, 1.82) is 0 Å². The van der Waals surface area contributed by atoms with E-state index < -0.39 is 17.9 Å². The largest absolute Gasteiger partial charge is 0.480 e. The fourth-order valence-corrected chi connectivity index (χ4v) is 3.95. The van der Waals surface area contributed by atoms with Gasteiger partial charge < -0.3 is 4.74 Å². The fraction of sp³-hybridized carbons (Fsp3) is 0.100. The first kappa shape index (κ1) is 18.5. The van der Waals surface area contributed by atoms with Crippen molar-refractivity contribution in [2.24, 2.45) is 0 Å². The molecule has 0 bridgehead atoms. The summed E-state index contributed by atoms with van der Waals surface area (Å²) in [5, 5.41) is 0.575. The number of halogens is 2. The maximum atomic E-state index is 13.0. The van der Waals surface area contributed by atoms with E-state index in [2.05, 4.69) is 10.9 Å². The Balaban J connectivity index is 1.35. The minimum Gasteiger partial charge on any atom is -0.480 e. The van der Waals surface area contributed by atoms with Crippen LogP contribution < -0.4 is 15.6 Å². The predicted molar refractivity (Wildman–Crippen MR) is 105 cm³/mol. The number of hydrogen-bond acceptors (Lipinski definition) is 4. The molecular formula is C20H14ClFN2O3S. The van der Waals surface area contributed by atoms with Gasteiger partial charge in [-0.2, -0.15) is 0 Å².